The monoisotopic (exact) mass is 241 g/mol. The SMILES string of the molecule is CC(C)(C)c1ccc2cncc(C(C)(C)C)c2c1. The number of hydrogen-bond acceptors (Lipinski definition) is 1. The van der Waals surface area contributed by atoms with Crippen molar-refractivity contribution in [3.63, 3.8) is 0 Å². The predicted octanol–water partition coefficient (Wildman–Crippen LogP) is 4.83. The van der Waals surface area contributed by atoms with Gasteiger partial charge in [0.25, 0.3) is 0 Å². The molecule has 96 valence electrons. The Bertz CT molecular complexity index is 568. The van der Waals surface area contributed by atoms with Crippen LogP contribution in [0.4, 0.5) is 0 Å². The van der Waals surface area contributed by atoms with E-state index in [9.17, 15) is 0 Å². The average Bonchev–Trinajstić information content (AvgIpc) is 2.25. The molecule has 18 heavy (non-hydrogen) atoms. The number of fused-ring (bicyclic) bond motifs is 1. The van der Waals surface area contributed by atoms with Gasteiger partial charge in [-0.3, -0.25) is 4.98 Å². The molecule has 0 atom stereocenters. The van der Waals surface area contributed by atoms with Crippen LogP contribution < -0.4 is 0 Å². The van der Waals surface area contributed by atoms with Gasteiger partial charge < -0.3 is 0 Å². The highest BCUT2D eigenvalue weighted by Crippen LogP contribution is 2.32. The molecular formula is C17H23N. The molecule has 1 aromatic carbocycles. The highest BCUT2D eigenvalue weighted by Gasteiger charge is 2.19. The lowest BCUT2D eigenvalue weighted by molar-refractivity contribution is 0.586. The highest BCUT2D eigenvalue weighted by atomic mass is 14.6. The van der Waals surface area contributed by atoms with Gasteiger partial charge in [-0.25, -0.2) is 0 Å². The molecule has 0 bridgehead atoms. The molecule has 0 unspecified atom stereocenters. The minimum atomic E-state index is 0.128. The average molecular weight is 241 g/mol. The molecule has 0 saturated heterocycles. The molecule has 0 amide bonds. The Labute approximate surface area is 110 Å². The van der Waals surface area contributed by atoms with Crippen LogP contribution in [0.2, 0.25) is 0 Å². The standard InChI is InChI=1S/C17H23N/c1-16(2,3)13-8-7-12-10-18-11-15(14(12)9-13)17(4,5)6/h7-11H,1-6H3. The van der Waals surface area contributed by atoms with Crippen molar-refractivity contribution >= 4 is 10.8 Å². The number of benzene rings is 1. The molecule has 0 saturated carbocycles. The van der Waals surface area contributed by atoms with Crippen molar-refractivity contribution in [3.05, 3.63) is 41.7 Å². The number of pyridine rings is 1. The molecule has 2 rings (SSSR count). The van der Waals surface area contributed by atoms with E-state index in [1.807, 2.05) is 12.4 Å². The van der Waals surface area contributed by atoms with E-state index in [1.54, 1.807) is 0 Å². The zero-order valence-corrected chi connectivity index (χ0v) is 12.3. The molecule has 0 aliphatic carbocycles. The maximum absolute atomic E-state index is 4.37. The number of hydrogen-bond donors (Lipinski definition) is 0. The van der Waals surface area contributed by atoms with Crippen LogP contribution in [0.3, 0.4) is 0 Å². The van der Waals surface area contributed by atoms with Gasteiger partial charge in [0.1, 0.15) is 0 Å². The summed E-state index contributed by atoms with van der Waals surface area (Å²) < 4.78 is 0. The van der Waals surface area contributed by atoms with Crippen LogP contribution in [0, 0.1) is 0 Å². The molecule has 0 aliphatic heterocycles. The van der Waals surface area contributed by atoms with Crippen molar-refractivity contribution < 1.29 is 0 Å². The molecule has 1 heterocycles. The predicted molar refractivity (Wildman–Crippen MR) is 79.1 cm³/mol. The third-order valence-electron chi connectivity index (χ3n) is 3.43. The van der Waals surface area contributed by atoms with Gasteiger partial charge >= 0.3 is 0 Å². The maximum atomic E-state index is 4.37. The molecular weight excluding hydrogens is 218 g/mol. The second-order valence-corrected chi connectivity index (χ2v) is 7.12. The minimum Gasteiger partial charge on any atom is -0.264 e. The van der Waals surface area contributed by atoms with Crippen LogP contribution in [-0.2, 0) is 10.8 Å². The summed E-state index contributed by atoms with van der Waals surface area (Å²) in [5.74, 6) is 0. The smallest absolute Gasteiger partial charge is 0.0346 e. The Morgan fingerprint density at radius 3 is 2.06 bits per heavy atom. The van der Waals surface area contributed by atoms with Crippen LogP contribution in [0.5, 0.6) is 0 Å². The summed E-state index contributed by atoms with van der Waals surface area (Å²) in [5.41, 5.74) is 3.02. The van der Waals surface area contributed by atoms with E-state index >= 15 is 0 Å². The Morgan fingerprint density at radius 2 is 1.50 bits per heavy atom. The van der Waals surface area contributed by atoms with Crippen molar-refractivity contribution in [1.29, 1.82) is 0 Å². The van der Waals surface area contributed by atoms with Gasteiger partial charge in [0, 0.05) is 17.8 Å². The largest absolute Gasteiger partial charge is 0.264 e. The summed E-state index contributed by atoms with van der Waals surface area (Å²) >= 11 is 0. The van der Waals surface area contributed by atoms with Gasteiger partial charge in [-0.05, 0) is 27.3 Å². The lowest BCUT2D eigenvalue weighted by Crippen LogP contribution is -2.14. The number of rotatable bonds is 0. The molecule has 0 radical (unpaired) electrons. The zero-order valence-electron chi connectivity index (χ0n) is 12.3. The van der Waals surface area contributed by atoms with Crippen LogP contribution in [-0.4, -0.2) is 4.98 Å². The van der Waals surface area contributed by atoms with Crippen LogP contribution in [0.15, 0.2) is 30.6 Å². The quantitative estimate of drug-likeness (QED) is 0.643. The summed E-state index contributed by atoms with van der Waals surface area (Å²) in [7, 11) is 0. The van der Waals surface area contributed by atoms with Crippen molar-refractivity contribution in [1.82, 2.24) is 4.98 Å². The summed E-state index contributed by atoms with van der Waals surface area (Å²) in [6.45, 7) is 13.5. The van der Waals surface area contributed by atoms with Crippen LogP contribution in [0.25, 0.3) is 10.8 Å². The van der Waals surface area contributed by atoms with Crippen LogP contribution >= 0.6 is 0 Å². The molecule has 1 nitrogen and oxygen atoms in total. The summed E-state index contributed by atoms with van der Waals surface area (Å²) in [6, 6.07) is 6.74. The van der Waals surface area contributed by atoms with Gasteiger partial charge in [0.05, 0.1) is 0 Å². The first kappa shape index (κ1) is 13.1. The van der Waals surface area contributed by atoms with Crippen molar-refractivity contribution in [2.24, 2.45) is 0 Å². The summed E-state index contributed by atoms with van der Waals surface area (Å²) in [6.07, 6.45) is 3.96. The van der Waals surface area contributed by atoms with E-state index in [2.05, 4.69) is 64.7 Å². The second-order valence-electron chi connectivity index (χ2n) is 7.12. The van der Waals surface area contributed by atoms with Gasteiger partial charge in [0.15, 0.2) is 0 Å². The first-order valence-electron chi connectivity index (χ1n) is 6.58. The van der Waals surface area contributed by atoms with E-state index in [0.29, 0.717) is 0 Å². The third-order valence-corrected chi connectivity index (χ3v) is 3.43. The third kappa shape index (κ3) is 2.40. The van der Waals surface area contributed by atoms with E-state index in [-0.39, 0.29) is 10.8 Å². The van der Waals surface area contributed by atoms with Crippen molar-refractivity contribution in [2.45, 2.75) is 52.4 Å². The Kier molecular flexibility index (Phi) is 2.96. The number of nitrogens with zero attached hydrogens (tertiary/aromatic N) is 1. The maximum Gasteiger partial charge on any atom is 0.0346 e. The number of aromatic nitrogens is 1. The van der Waals surface area contributed by atoms with Crippen molar-refractivity contribution in [3.8, 4) is 0 Å². The topological polar surface area (TPSA) is 12.9 Å². The molecule has 0 spiro atoms. The fourth-order valence-corrected chi connectivity index (χ4v) is 2.23. The Balaban J connectivity index is 2.74. The Morgan fingerprint density at radius 1 is 0.833 bits per heavy atom. The van der Waals surface area contributed by atoms with Gasteiger partial charge in [-0.15, -0.1) is 0 Å². The van der Waals surface area contributed by atoms with Gasteiger partial charge in [0.2, 0.25) is 0 Å². The fourth-order valence-electron chi connectivity index (χ4n) is 2.23. The normalized spacial score (nSPS) is 13.0. The highest BCUT2D eigenvalue weighted by molar-refractivity contribution is 5.86. The van der Waals surface area contributed by atoms with E-state index in [4.69, 9.17) is 0 Å². The minimum absolute atomic E-state index is 0.128. The molecule has 1 aromatic heterocycles. The van der Waals surface area contributed by atoms with Gasteiger partial charge in [-0.1, -0.05) is 59.7 Å². The summed E-state index contributed by atoms with van der Waals surface area (Å²) in [5, 5.41) is 2.57. The fraction of sp³-hybridized carbons (Fsp3) is 0.471. The zero-order chi connectivity index (χ0) is 13.6. The second kappa shape index (κ2) is 4.08. The molecule has 0 aliphatic rings. The first-order chi connectivity index (χ1) is 8.19. The molecule has 0 N–H and O–H groups in total. The molecule has 1 heteroatoms. The summed E-state index contributed by atoms with van der Waals surface area (Å²) in [4.78, 5) is 4.37. The lowest BCUT2D eigenvalue weighted by atomic mass is 9.81. The van der Waals surface area contributed by atoms with Crippen molar-refractivity contribution in [2.75, 3.05) is 0 Å². The van der Waals surface area contributed by atoms with Gasteiger partial charge in [-0.2, -0.15) is 0 Å². The molecule has 2 aromatic rings. The lowest BCUT2D eigenvalue weighted by Gasteiger charge is -2.24. The van der Waals surface area contributed by atoms with E-state index in [0.717, 1.165) is 0 Å². The van der Waals surface area contributed by atoms with E-state index < -0.39 is 0 Å². The Hall–Kier alpha value is -1.37. The van der Waals surface area contributed by atoms with E-state index in [1.165, 1.54) is 21.9 Å². The molecule has 0 fully saturated rings. The first-order valence-corrected chi connectivity index (χ1v) is 6.58. The van der Waals surface area contributed by atoms with Crippen LogP contribution in [0.1, 0.15) is 52.7 Å².